The third-order valence-corrected chi connectivity index (χ3v) is 2.52. The maximum Gasteiger partial charge on any atom is 0.334 e. The standard InChI is InChI=1S/C6H12F2N2O2S/c1-4(2-11)13-3-6(7,8)5(12)10-9/h4,11H,2-3,9H2,1H3,(H,10,12). The number of rotatable bonds is 5. The molecule has 0 radical (unpaired) electrons. The van der Waals surface area contributed by atoms with Crippen molar-refractivity contribution in [2.75, 3.05) is 12.4 Å². The number of aliphatic hydroxyl groups excluding tert-OH is 1. The molecule has 0 aliphatic heterocycles. The molecule has 0 aliphatic rings. The Labute approximate surface area is 78.8 Å². The summed E-state index contributed by atoms with van der Waals surface area (Å²) >= 11 is 0.811. The van der Waals surface area contributed by atoms with Gasteiger partial charge in [0.2, 0.25) is 0 Å². The van der Waals surface area contributed by atoms with Crippen molar-refractivity contribution in [3.8, 4) is 0 Å². The normalized spacial score (nSPS) is 13.9. The van der Waals surface area contributed by atoms with Crippen molar-refractivity contribution in [1.82, 2.24) is 5.43 Å². The van der Waals surface area contributed by atoms with E-state index in [1.54, 1.807) is 6.92 Å². The molecule has 1 unspecified atom stereocenters. The van der Waals surface area contributed by atoms with E-state index in [9.17, 15) is 13.6 Å². The van der Waals surface area contributed by atoms with Crippen LogP contribution in [0.2, 0.25) is 0 Å². The second kappa shape index (κ2) is 5.36. The molecule has 0 spiro atoms. The van der Waals surface area contributed by atoms with Gasteiger partial charge in [0, 0.05) is 5.25 Å². The Morgan fingerprint density at radius 2 is 2.31 bits per heavy atom. The number of alkyl halides is 2. The summed E-state index contributed by atoms with van der Waals surface area (Å²) in [4.78, 5) is 10.5. The van der Waals surface area contributed by atoms with Crippen LogP contribution in [0.25, 0.3) is 0 Å². The summed E-state index contributed by atoms with van der Waals surface area (Å²) in [5.74, 6) is -1.12. The van der Waals surface area contributed by atoms with Gasteiger partial charge in [-0.1, -0.05) is 6.92 Å². The summed E-state index contributed by atoms with van der Waals surface area (Å²) in [5.41, 5.74) is 1.38. The summed E-state index contributed by atoms with van der Waals surface area (Å²) in [5, 5.41) is 8.21. The minimum Gasteiger partial charge on any atom is -0.395 e. The van der Waals surface area contributed by atoms with Gasteiger partial charge in [-0.25, -0.2) is 5.84 Å². The van der Waals surface area contributed by atoms with E-state index in [4.69, 9.17) is 5.11 Å². The topological polar surface area (TPSA) is 75.3 Å². The molecule has 4 nitrogen and oxygen atoms in total. The first kappa shape index (κ1) is 12.6. The molecular weight excluding hydrogens is 202 g/mol. The molecule has 1 amide bonds. The molecule has 0 aromatic heterocycles. The molecule has 0 aromatic carbocycles. The van der Waals surface area contributed by atoms with E-state index in [1.165, 1.54) is 5.43 Å². The summed E-state index contributed by atoms with van der Waals surface area (Å²) in [6.45, 7) is 1.38. The number of halogens is 2. The highest BCUT2D eigenvalue weighted by molar-refractivity contribution is 8.00. The van der Waals surface area contributed by atoms with Gasteiger partial charge < -0.3 is 5.11 Å². The van der Waals surface area contributed by atoms with Crippen LogP contribution in [0.3, 0.4) is 0 Å². The van der Waals surface area contributed by atoms with Crippen LogP contribution in [0, 0.1) is 0 Å². The van der Waals surface area contributed by atoms with E-state index in [0.717, 1.165) is 11.8 Å². The smallest absolute Gasteiger partial charge is 0.334 e. The predicted octanol–water partition coefficient (Wildman–Crippen LogP) is -0.274. The number of carbonyl (C=O) groups is 1. The van der Waals surface area contributed by atoms with Gasteiger partial charge in [0.25, 0.3) is 0 Å². The van der Waals surface area contributed by atoms with Gasteiger partial charge in [-0.05, 0) is 0 Å². The number of aliphatic hydroxyl groups is 1. The molecule has 0 aliphatic carbocycles. The van der Waals surface area contributed by atoms with Crippen LogP contribution in [0.4, 0.5) is 8.78 Å². The van der Waals surface area contributed by atoms with Gasteiger partial charge in [-0.15, -0.1) is 11.8 Å². The van der Waals surface area contributed by atoms with E-state index in [-0.39, 0.29) is 11.9 Å². The largest absolute Gasteiger partial charge is 0.395 e. The SMILES string of the molecule is CC(CO)SCC(F)(F)C(=O)NN. The predicted molar refractivity (Wildman–Crippen MR) is 46.3 cm³/mol. The Kier molecular flexibility index (Phi) is 5.19. The van der Waals surface area contributed by atoms with E-state index in [0.29, 0.717) is 0 Å². The molecule has 0 saturated carbocycles. The van der Waals surface area contributed by atoms with Crippen molar-refractivity contribution in [3.63, 3.8) is 0 Å². The molecule has 0 aromatic rings. The lowest BCUT2D eigenvalue weighted by molar-refractivity contribution is -0.142. The zero-order chi connectivity index (χ0) is 10.5. The maximum atomic E-state index is 12.7. The molecule has 0 fully saturated rings. The molecule has 78 valence electrons. The fourth-order valence-electron chi connectivity index (χ4n) is 0.471. The van der Waals surface area contributed by atoms with Crippen molar-refractivity contribution in [1.29, 1.82) is 0 Å². The lowest BCUT2D eigenvalue weighted by atomic mass is 10.4. The van der Waals surface area contributed by atoms with E-state index in [2.05, 4.69) is 5.84 Å². The van der Waals surface area contributed by atoms with E-state index >= 15 is 0 Å². The first-order valence-corrected chi connectivity index (χ1v) is 4.60. The Morgan fingerprint density at radius 3 is 2.69 bits per heavy atom. The molecule has 0 heterocycles. The number of nitrogens with one attached hydrogen (secondary N) is 1. The average molecular weight is 214 g/mol. The van der Waals surface area contributed by atoms with Gasteiger partial charge in [-0.2, -0.15) is 8.78 Å². The van der Waals surface area contributed by atoms with Gasteiger partial charge in [0.1, 0.15) is 0 Å². The number of hydrogen-bond acceptors (Lipinski definition) is 4. The lowest BCUT2D eigenvalue weighted by Crippen LogP contribution is -2.45. The number of nitrogens with two attached hydrogens (primary N) is 1. The number of carbonyl (C=O) groups excluding carboxylic acids is 1. The van der Waals surface area contributed by atoms with Crippen molar-refractivity contribution in [2.24, 2.45) is 5.84 Å². The monoisotopic (exact) mass is 214 g/mol. The zero-order valence-corrected chi connectivity index (χ0v) is 7.91. The molecule has 7 heteroatoms. The zero-order valence-electron chi connectivity index (χ0n) is 7.09. The van der Waals surface area contributed by atoms with Crippen molar-refractivity contribution in [3.05, 3.63) is 0 Å². The Balaban J connectivity index is 3.95. The van der Waals surface area contributed by atoms with E-state index < -0.39 is 17.6 Å². The Bertz CT molecular complexity index is 180. The van der Waals surface area contributed by atoms with Crippen LogP contribution in [-0.2, 0) is 4.79 Å². The third kappa shape index (κ3) is 4.39. The number of thioether (sulfide) groups is 1. The number of amides is 1. The maximum absolute atomic E-state index is 12.7. The highest BCUT2D eigenvalue weighted by Gasteiger charge is 2.38. The van der Waals surface area contributed by atoms with Crippen LogP contribution >= 0.6 is 11.8 Å². The number of hydrazine groups is 1. The van der Waals surface area contributed by atoms with Crippen molar-refractivity contribution in [2.45, 2.75) is 18.1 Å². The molecule has 13 heavy (non-hydrogen) atoms. The van der Waals surface area contributed by atoms with Gasteiger partial charge >= 0.3 is 11.8 Å². The van der Waals surface area contributed by atoms with Gasteiger partial charge in [0.15, 0.2) is 0 Å². The molecule has 1 atom stereocenters. The summed E-state index contributed by atoms with van der Waals surface area (Å²) < 4.78 is 25.4. The second-order valence-electron chi connectivity index (χ2n) is 2.48. The summed E-state index contributed by atoms with van der Waals surface area (Å²) in [7, 11) is 0. The quantitative estimate of drug-likeness (QED) is 0.334. The molecular formula is C6H12F2N2O2S. The minimum absolute atomic E-state index is 0.203. The molecule has 0 rings (SSSR count). The molecule has 4 N–H and O–H groups in total. The summed E-state index contributed by atoms with van der Waals surface area (Å²) in [6.07, 6.45) is 0. The van der Waals surface area contributed by atoms with Crippen LogP contribution < -0.4 is 11.3 Å². The number of hydrogen-bond donors (Lipinski definition) is 3. The molecule has 0 bridgehead atoms. The first-order valence-electron chi connectivity index (χ1n) is 3.55. The highest BCUT2D eigenvalue weighted by Crippen LogP contribution is 2.22. The lowest BCUT2D eigenvalue weighted by Gasteiger charge is -2.15. The van der Waals surface area contributed by atoms with Crippen molar-refractivity contribution < 1.29 is 18.7 Å². The van der Waals surface area contributed by atoms with Gasteiger partial charge in [-0.3, -0.25) is 10.2 Å². The summed E-state index contributed by atoms with van der Waals surface area (Å²) in [6, 6.07) is 0. The van der Waals surface area contributed by atoms with Crippen LogP contribution in [0.15, 0.2) is 0 Å². The first-order chi connectivity index (χ1) is 5.94. The third-order valence-electron chi connectivity index (χ3n) is 1.27. The average Bonchev–Trinajstić information content (AvgIpc) is 2.12. The Hall–Kier alpha value is -0.400. The van der Waals surface area contributed by atoms with E-state index in [1.807, 2.05) is 0 Å². The fraction of sp³-hybridized carbons (Fsp3) is 0.833. The second-order valence-corrected chi connectivity index (χ2v) is 3.91. The molecule has 0 saturated heterocycles. The van der Waals surface area contributed by atoms with Crippen molar-refractivity contribution >= 4 is 17.7 Å². The van der Waals surface area contributed by atoms with Gasteiger partial charge in [0.05, 0.1) is 12.4 Å². The fourth-order valence-corrected chi connectivity index (χ4v) is 1.20. The van der Waals surface area contributed by atoms with Crippen LogP contribution in [0.5, 0.6) is 0 Å². The van der Waals surface area contributed by atoms with Crippen LogP contribution in [-0.4, -0.2) is 34.5 Å². The highest BCUT2D eigenvalue weighted by atomic mass is 32.2. The Morgan fingerprint density at radius 1 is 1.77 bits per heavy atom. The van der Waals surface area contributed by atoms with Crippen LogP contribution in [0.1, 0.15) is 6.92 Å². The minimum atomic E-state index is -3.48.